The Morgan fingerprint density at radius 3 is 2.78 bits per heavy atom. The number of carbonyl (C=O) groups excluding carboxylic acids is 1. The lowest BCUT2D eigenvalue weighted by molar-refractivity contribution is -0.122. The summed E-state index contributed by atoms with van der Waals surface area (Å²) in [6.07, 6.45) is -0.740. The molecule has 1 unspecified atom stereocenters. The number of hydrogen-bond acceptors (Lipinski definition) is 4. The molecule has 0 spiro atoms. The van der Waals surface area contributed by atoms with Crippen LogP contribution in [0.4, 0.5) is 9.52 Å². The van der Waals surface area contributed by atoms with Crippen LogP contribution in [0.15, 0.2) is 42.5 Å². The number of hydrogen-bond donors (Lipinski definition) is 1. The largest absolute Gasteiger partial charge is 0.481 e. The molecular weight excluding hydrogens is 339 g/mol. The molecular formula is C16H12ClFN2O2S. The Morgan fingerprint density at radius 1 is 1.30 bits per heavy atom. The van der Waals surface area contributed by atoms with Gasteiger partial charge in [-0.1, -0.05) is 22.9 Å². The summed E-state index contributed by atoms with van der Waals surface area (Å²) in [6.45, 7) is 1.61. The Balaban J connectivity index is 1.68. The highest BCUT2D eigenvalue weighted by molar-refractivity contribution is 7.22. The molecule has 0 aliphatic heterocycles. The van der Waals surface area contributed by atoms with Crippen molar-refractivity contribution in [2.24, 2.45) is 0 Å². The van der Waals surface area contributed by atoms with Gasteiger partial charge in [0.25, 0.3) is 5.91 Å². The van der Waals surface area contributed by atoms with Crippen molar-refractivity contribution in [3.8, 4) is 5.75 Å². The van der Waals surface area contributed by atoms with Gasteiger partial charge in [0.2, 0.25) is 0 Å². The quantitative estimate of drug-likeness (QED) is 0.754. The molecule has 1 amide bonds. The van der Waals surface area contributed by atoms with Gasteiger partial charge in [0.15, 0.2) is 11.2 Å². The molecule has 1 atom stereocenters. The molecule has 3 aromatic rings. The van der Waals surface area contributed by atoms with Crippen LogP contribution < -0.4 is 10.1 Å². The van der Waals surface area contributed by atoms with E-state index in [1.54, 1.807) is 25.1 Å². The van der Waals surface area contributed by atoms with Crippen LogP contribution >= 0.6 is 22.9 Å². The first-order valence-electron chi connectivity index (χ1n) is 6.80. The Bertz CT molecular complexity index is 851. The second kappa shape index (κ2) is 6.52. The highest BCUT2D eigenvalue weighted by atomic mass is 35.5. The maximum absolute atomic E-state index is 12.8. The number of nitrogens with one attached hydrogen (secondary N) is 1. The second-order valence-electron chi connectivity index (χ2n) is 4.83. The van der Waals surface area contributed by atoms with Crippen molar-refractivity contribution in [2.45, 2.75) is 13.0 Å². The van der Waals surface area contributed by atoms with E-state index in [1.807, 2.05) is 0 Å². The van der Waals surface area contributed by atoms with Crippen LogP contribution in [0.3, 0.4) is 0 Å². The minimum Gasteiger partial charge on any atom is -0.481 e. The molecule has 0 aliphatic carbocycles. The third-order valence-corrected chi connectivity index (χ3v) is 4.25. The van der Waals surface area contributed by atoms with Crippen LogP contribution in [0, 0.1) is 5.82 Å². The van der Waals surface area contributed by atoms with Crippen molar-refractivity contribution in [2.75, 3.05) is 5.32 Å². The Kier molecular flexibility index (Phi) is 4.45. The number of carbonyl (C=O) groups is 1. The lowest BCUT2D eigenvalue weighted by atomic mass is 10.3. The van der Waals surface area contributed by atoms with Crippen molar-refractivity contribution < 1.29 is 13.9 Å². The molecule has 2 aromatic carbocycles. The fourth-order valence-electron chi connectivity index (χ4n) is 1.93. The third kappa shape index (κ3) is 3.78. The van der Waals surface area contributed by atoms with Gasteiger partial charge < -0.3 is 4.74 Å². The normalized spacial score (nSPS) is 12.1. The second-order valence-corrected chi connectivity index (χ2v) is 6.30. The Hall–Kier alpha value is -2.18. The molecule has 1 aromatic heterocycles. The van der Waals surface area contributed by atoms with Gasteiger partial charge in [0.05, 0.1) is 10.2 Å². The van der Waals surface area contributed by atoms with Crippen molar-refractivity contribution in [3.05, 3.63) is 53.3 Å². The summed E-state index contributed by atoms with van der Waals surface area (Å²) in [5.74, 6) is -0.271. The van der Waals surface area contributed by atoms with E-state index >= 15 is 0 Å². The van der Waals surface area contributed by atoms with Crippen molar-refractivity contribution in [3.63, 3.8) is 0 Å². The first-order valence-corrected chi connectivity index (χ1v) is 8.00. The van der Waals surface area contributed by atoms with Gasteiger partial charge in [-0.05, 0) is 49.4 Å². The standard InChI is InChI=1S/C16H12ClFN2O2S/c1-9(22-12-5-3-11(18)4-6-12)15(21)20-16-19-13-7-2-10(17)8-14(13)23-16/h2-9H,1H3,(H,19,20,21). The lowest BCUT2D eigenvalue weighted by Gasteiger charge is -2.13. The fourth-order valence-corrected chi connectivity index (χ4v) is 3.07. The van der Waals surface area contributed by atoms with Crippen LogP contribution in [0.2, 0.25) is 5.02 Å². The van der Waals surface area contributed by atoms with Crippen molar-refractivity contribution >= 4 is 44.2 Å². The van der Waals surface area contributed by atoms with E-state index < -0.39 is 6.10 Å². The number of aromatic nitrogens is 1. The van der Waals surface area contributed by atoms with Gasteiger partial charge in [-0.3, -0.25) is 10.1 Å². The van der Waals surface area contributed by atoms with E-state index in [4.69, 9.17) is 16.3 Å². The zero-order valence-electron chi connectivity index (χ0n) is 12.0. The van der Waals surface area contributed by atoms with Crippen LogP contribution in [0.1, 0.15) is 6.92 Å². The summed E-state index contributed by atoms with van der Waals surface area (Å²) in [7, 11) is 0. The number of fused-ring (bicyclic) bond motifs is 1. The monoisotopic (exact) mass is 350 g/mol. The molecule has 0 saturated carbocycles. The van der Waals surface area contributed by atoms with Crippen LogP contribution in [0.5, 0.6) is 5.75 Å². The summed E-state index contributed by atoms with van der Waals surface area (Å²) in [5.41, 5.74) is 0.766. The summed E-state index contributed by atoms with van der Waals surface area (Å²) < 4.78 is 19.2. The third-order valence-electron chi connectivity index (χ3n) is 3.08. The number of anilines is 1. The van der Waals surface area contributed by atoms with Gasteiger partial charge in [-0.15, -0.1) is 0 Å². The molecule has 0 saturated heterocycles. The number of nitrogens with zero attached hydrogens (tertiary/aromatic N) is 1. The number of benzene rings is 2. The molecule has 4 nitrogen and oxygen atoms in total. The molecule has 23 heavy (non-hydrogen) atoms. The van der Waals surface area contributed by atoms with Gasteiger partial charge in [0, 0.05) is 5.02 Å². The molecule has 0 aliphatic rings. The zero-order chi connectivity index (χ0) is 16.4. The Morgan fingerprint density at radius 2 is 2.04 bits per heavy atom. The van der Waals surface area contributed by atoms with Crippen LogP contribution in [0.25, 0.3) is 10.2 Å². The van der Waals surface area contributed by atoms with Gasteiger partial charge in [-0.25, -0.2) is 9.37 Å². The van der Waals surface area contributed by atoms with E-state index in [0.29, 0.717) is 15.9 Å². The van der Waals surface area contributed by atoms with E-state index in [0.717, 1.165) is 10.2 Å². The summed E-state index contributed by atoms with van der Waals surface area (Å²) in [4.78, 5) is 16.5. The highest BCUT2D eigenvalue weighted by Crippen LogP contribution is 2.28. The van der Waals surface area contributed by atoms with Crippen molar-refractivity contribution in [1.29, 1.82) is 0 Å². The molecule has 7 heteroatoms. The molecule has 0 fully saturated rings. The molecule has 118 valence electrons. The number of amides is 1. The first kappa shape index (κ1) is 15.7. The fraction of sp³-hybridized carbons (Fsp3) is 0.125. The topological polar surface area (TPSA) is 51.2 Å². The average molecular weight is 351 g/mol. The predicted octanol–water partition coefficient (Wildman–Crippen LogP) is 4.49. The minimum atomic E-state index is -0.740. The van der Waals surface area contributed by atoms with E-state index in [1.165, 1.54) is 35.6 Å². The SMILES string of the molecule is CC(Oc1ccc(F)cc1)C(=O)Nc1nc2ccc(Cl)cc2s1. The first-order chi connectivity index (χ1) is 11.0. The molecule has 0 bridgehead atoms. The number of ether oxygens (including phenoxy) is 1. The summed E-state index contributed by atoms with van der Waals surface area (Å²) in [5, 5.41) is 3.80. The van der Waals surface area contributed by atoms with E-state index in [9.17, 15) is 9.18 Å². The smallest absolute Gasteiger partial charge is 0.266 e. The zero-order valence-corrected chi connectivity index (χ0v) is 13.6. The molecule has 1 heterocycles. The summed E-state index contributed by atoms with van der Waals surface area (Å²) in [6, 6.07) is 10.8. The number of halogens is 2. The molecule has 1 N–H and O–H groups in total. The van der Waals surface area contributed by atoms with Crippen LogP contribution in [-0.4, -0.2) is 17.0 Å². The molecule has 0 radical (unpaired) electrons. The maximum Gasteiger partial charge on any atom is 0.266 e. The van der Waals surface area contributed by atoms with Crippen molar-refractivity contribution in [1.82, 2.24) is 4.98 Å². The maximum atomic E-state index is 12.8. The number of thiazole rings is 1. The summed E-state index contributed by atoms with van der Waals surface area (Å²) >= 11 is 7.26. The predicted molar refractivity (Wildman–Crippen MR) is 89.7 cm³/mol. The van der Waals surface area contributed by atoms with Gasteiger partial charge >= 0.3 is 0 Å². The minimum absolute atomic E-state index is 0.334. The number of rotatable bonds is 4. The molecule has 3 rings (SSSR count). The van der Waals surface area contributed by atoms with E-state index in [2.05, 4.69) is 10.3 Å². The lowest BCUT2D eigenvalue weighted by Crippen LogP contribution is -2.30. The Labute approximate surface area is 140 Å². The van der Waals surface area contributed by atoms with Crippen LogP contribution in [-0.2, 0) is 4.79 Å². The average Bonchev–Trinajstić information content (AvgIpc) is 2.90. The van der Waals surface area contributed by atoms with Gasteiger partial charge in [-0.2, -0.15) is 0 Å². The van der Waals surface area contributed by atoms with Gasteiger partial charge in [0.1, 0.15) is 11.6 Å². The highest BCUT2D eigenvalue weighted by Gasteiger charge is 2.17. The van der Waals surface area contributed by atoms with E-state index in [-0.39, 0.29) is 11.7 Å².